The highest BCUT2D eigenvalue weighted by Crippen LogP contribution is 2.66. The van der Waals surface area contributed by atoms with Gasteiger partial charge in [0.2, 0.25) is 5.91 Å². The molecule has 0 unspecified atom stereocenters. The molecule has 2 aliphatic rings. The van der Waals surface area contributed by atoms with Crippen LogP contribution in [0.3, 0.4) is 0 Å². The zero-order valence-corrected chi connectivity index (χ0v) is 13.6. The Balaban J connectivity index is 1.62. The van der Waals surface area contributed by atoms with Crippen LogP contribution in [0.1, 0.15) is 38.2 Å². The van der Waals surface area contributed by atoms with Gasteiger partial charge < -0.3 is 5.11 Å². The van der Waals surface area contributed by atoms with Crippen LogP contribution in [0.25, 0.3) is 0 Å². The van der Waals surface area contributed by atoms with Gasteiger partial charge in [-0.05, 0) is 42.4 Å². The van der Waals surface area contributed by atoms with Crippen molar-refractivity contribution < 1.29 is 9.90 Å². The van der Waals surface area contributed by atoms with Crippen LogP contribution < -0.4 is 5.43 Å². The summed E-state index contributed by atoms with van der Waals surface area (Å²) in [7, 11) is 0. The van der Waals surface area contributed by atoms with Crippen molar-refractivity contribution >= 4 is 28.1 Å². The summed E-state index contributed by atoms with van der Waals surface area (Å²) in [5.41, 5.74) is 3.39. The van der Waals surface area contributed by atoms with Crippen molar-refractivity contribution in [2.45, 2.75) is 32.6 Å². The van der Waals surface area contributed by atoms with Crippen LogP contribution >= 0.6 is 15.9 Å². The second-order valence-electron chi connectivity index (χ2n) is 6.27. The van der Waals surface area contributed by atoms with E-state index in [0.29, 0.717) is 11.5 Å². The monoisotopic (exact) mass is 350 g/mol. The lowest BCUT2D eigenvalue weighted by Gasteiger charge is -2.15. The van der Waals surface area contributed by atoms with Crippen molar-refractivity contribution in [1.29, 1.82) is 0 Å². The molecule has 0 aromatic heterocycles. The van der Waals surface area contributed by atoms with E-state index in [1.165, 1.54) is 19.1 Å². The topological polar surface area (TPSA) is 61.7 Å². The van der Waals surface area contributed by atoms with Gasteiger partial charge in [-0.3, -0.25) is 4.79 Å². The molecule has 5 heteroatoms. The number of benzene rings is 1. The minimum Gasteiger partial charge on any atom is -0.507 e. The van der Waals surface area contributed by atoms with Gasteiger partial charge in [-0.2, -0.15) is 5.10 Å². The number of halogens is 1. The largest absolute Gasteiger partial charge is 0.507 e. The normalized spacial score (nSPS) is 31.0. The fourth-order valence-electron chi connectivity index (χ4n) is 3.71. The Labute approximate surface area is 132 Å². The van der Waals surface area contributed by atoms with E-state index >= 15 is 0 Å². The van der Waals surface area contributed by atoms with Gasteiger partial charge in [-0.1, -0.05) is 35.7 Å². The zero-order chi connectivity index (χ0) is 15.0. The first-order valence-electron chi connectivity index (χ1n) is 7.34. The number of rotatable bonds is 3. The average Bonchev–Trinajstić information content (AvgIpc) is 3.08. The Morgan fingerprint density at radius 2 is 2.33 bits per heavy atom. The number of carbonyl (C=O) groups excluding carboxylic acids is 1. The highest BCUT2D eigenvalue weighted by molar-refractivity contribution is 9.10. The summed E-state index contributed by atoms with van der Waals surface area (Å²) in [6.45, 7) is 2.21. The number of aromatic hydroxyl groups is 1. The summed E-state index contributed by atoms with van der Waals surface area (Å²) in [6, 6.07) is 5.09. The standard InChI is InChI=1S/C16H19BrN2O2/c1-16-7-3-2-4-12(16)14(16)15(21)19-18-9-10-8-11(17)5-6-13(10)20/h5-6,8-9,12,14,20H,2-4,7H2,1H3,(H,19,21)/b18-9-/t12-,14+,16-/m0/s1. The SMILES string of the molecule is C[C@]12CCCC[C@H]1[C@@H]2C(=O)N/N=C\c1cc(Br)ccc1O. The van der Waals surface area contributed by atoms with Crippen molar-refractivity contribution in [2.24, 2.45) is 22.4 Å². The van der Waals surface area contributed by atoms with E-state index in [4.69, 9.17) is 0 Å². The van der Waals surface area contributed by atoms with Crippen LogP contribution in [0.5, 0.6) is 5.75 Å². The van der Waals surface area contributed by atoms with Crippen molar-refractivity contribution in [2.75, 3.05) is 0 Å². The maximum Gasteiger partial charge on any atom is 0.244 e. The third-order valence-corrected chi connectivity index (χ3v) is 5.48. The molecule has 0 radical (unpaired) electrons. The number of phenols is 1. The van der Waals surface area contributed by atoms with Crippen LogP contribution in [-0.4, -0.2) is 17.2 Å². The molecule has 0 bridgehead atoms. The van der Waals surface area contributed by atoms with E-state index in [2.05, 4.69) is 33.4 Å². The third kappa shape index (κ3) is 2.71. The van der Waals surface area contributed by atoms with Crippen LogP contribution in [0, 0.1) is 17.3 Å². The minimum atomic E-state index is 0.00939. The summed E-state index contributed by atoms with van der Waals surface area (Å²) < 4.78 is 0.855. The average molecular weight is 351 g/mol. The number of nitrogens with one attached hydrogen (secondary N) is 1. The van der Waals surface area contributed by atoms with Crippen molar-refractivity contribution in [3.05, 3.63) is 28.2 Å². The fourth-order valence-corrected chi connectivity index (χ4v) is 4.09. The number of hydrogen-bond acceptors (Lipinski definition) is 3. The van der Waals surface area contributed by atoms with Crippen molar-refractivity contribution in [1.82, 2.24) is 5.43 Å². The van der Waals surface area contributed by atoms with Gasteiger partial charge in [0.25, 0.3) is 0 Å². The highest BCUT2D eigenvalue weighted by atomic mass is 79.9. The number of fused-ring (bicyclic) bond motifs is 1. The molecule has 0 heterocycles. The Hall–Kier alpha value is -1.36. The van der Waals surface area contributed by atoms with Gasteiger partial charge >= 0.3 is 0 Å². The summed E-state index contributed by atoms with van der Waals surface area (Å²) >= 11 is 3.34. The zero-order valence-electron chi connectivity index (χ0n) is 12.0. The molecule has 0 spiro atoms. The van der Waals surface area contributed by atoms with Gasteiger partial charge in [0.15, 0.2) is 0 Å². The quantitative estimate of drug-likeness (QED) is 0.647. The van der Waals surface area contributed by atoms with Gasteiger partial charge in [0.1, 0.15) is 5.75 Å². The van der Waals surface area contributed by atoms with E-state index in [1.807, 2.05) is 0 Å². The van der Waals surface area contributed by atoms with Gasteiger partial charge in [-0.25, -0.2) is 5.43 Å². The lowest BCUT2D eigenvalue weighted by Crippen LogP contribution is -2.22. The van der Waals surface area contributed by atoms with Crippen LogP contribution in [-0.2, 0) is 4.79 Å². The molecular weight excluding hydrogens is 332 g/mol. The predicted molar refractivity (Wildman–Crippen MR) is 85.1 cm³/mol. The number of carbonyl (C=O) groups is 1. The molecule has 2 aliphatic carbocycles. The Morgan fingerprint density at radius 1 is 1.52 bits per heavy atom. The maximum absolute atomic E-state index is 12.2. The van der Waals surface area contributed by atoms with Crippen LogP contribution in [0.15, 0.2) is 27.8 Å². The Kier molecular flexibility index (Phi) is 3.78. The summed E-state index contributed by atoms with van der Waals surface area (Å²) in [4.78, 5) is 12.2. The molecular formula is C16H19BrN2O2. The molecule has 1 amide bonds. The van der Waals surface area contributed by atoms with E-state index in [9.17, 15) is 9.90 Å². The van der Waals surface area contributed by atoms with Crippen molar-refractivity contribution in [3.8, 4) is 5.75 Å². The second-order valence-corrected chi connectivity index (χ2v) is 7.19. The molecule has 2 fully saturated rings. The first kappa shape index (κ1) is 14.6. The number of phenolic OH excluding ortho intramolecular Hbond substituents is 1. The van der Waals surface area contributed by atoms with E-state index in [1.54, 1.807) is 18.2 Å². The van der Waals surface area contributed by atoms with E-state index in [-0.39, 0.29) is 23.0 Å². The summed E-state index contributed by atoms with van der Waals surface area (Å²) in [5, 5.41) is 13.7. The Morgan fingerprint density at radius 3 is 3.05 bits per heavy atom. The molecule has 2 saturated carbocycles. The first-order valence-corrected chi connectivity index (χ1v) is 8.13. The highest BCUT2D eigenvalue weighted by Gasteiger charge is 2.64. The van der Waals surface area contributed by atoms with Crippen molar-refractivity contribution in [3.63, 3.8) is 0 Å². The number of hydrogen-bond donors (Lipinski definition) is 2. The van der Waals surface area contributed by atoms with E-state index in [0.717, 1.165) is 17.3 Å². The lowest BCUT2D eigenvalue weighted by molar-refractivity contribution is -0.123. The second kappa shape index (κ2) is 5.44. The van der Waals surface area contributed by atoms with Gasteiger partial charge in [-0.15, -0.1) is 0 Å². The van der Waals surface area contributed by atoms with Crippen LogP contribution in [0.4, 0.5) is 0 Å². The summed E-state index contributed by atoms with van der Waals surface area (Å²) in [6.07, 6.45) is 6.24. The molecule has 1 aromatic rings. The molecule has 112 valence electrons. The minimum absolute atomic E-state index is 0.00939. The molecule has 21 heavy (non-hydrogen) atoms. The molecule has 0 aliphatic heterocycles. The lowest BCUT2D eigenvalue weighted by atomic mass is 9.90. The summed E-state index contributed by atoms with van der Waals surface area (Å²) in [5.74, 6) is 0.785. The van der Waals surface area contributed by atoms with Gasteiger partial charge in [0, 0.05) is 16.0 Å². The number of nitrogens with zero attached hydrogens (tertiary/aromatic N) is 1. The van der Waals surface area contributed by atoms with Gasteiger partial charge in [0.05, 0.1) is 6.21 Å². The Bertz CT molecular complexity index is 602. The fraction of sp³-hybridized carbons (Fsp3) is 0.500. The smallest absolute Gasteiger partial charge is 0.244 e. The van der Waals surface area contributed by atoms with Crippen LogP contribution in [0.2, 0.25) is 0 Å². The first-order chi connectivity index (χ1) is 10.0. The predicted octanol–water partition coefficient (Wildman–Crippen LogP) is 3.43. The molecule has 2 N–H and O–H groups in total. The molecule has 4 nitrogen and oxygen atoms in total. The number of amides is 1. The molecule has 0 saturated heterocycles. The third-order valence-electron chi connectivity index (χ3n) is 4.98. The number of hydrazone groups is 1. The van der Waals surface area contributed by atoms with E-state index < -0.39 is 0 Å². The molecule has 3 atom stereocenters. The maximum atomic E-state index is 12.2. The molecule has 1 aromatic carbocycles. The molecule has 3 rings (SSSR count).